The summed E-state index contributed by atoms with van der Waals surface area (Å²) < 4.78 is 16.2. The van der Waals surface area contributed by atoms with E-state index in [0.29, 0.717) is 16.8 Å². The maximum absolute atomic E-state index is 13.0. The van der Waals surface area contributed by atoms with E-state index in [1.165, 1.54) is 14.2 Å². The highest BCUT2D eigenvalue weighted by molar-refractivity contribution is 5.78. The van der Waals surface area contributed by atoms with E-state index in [2.05, 4.69) is 20.0 Å². The van der Waals surface area contributed by atoms with E-state index in [4.69, 9.17) is 14.2 Å². The van der Waals surface area contributed by atoms with E-state index < -0.39 is 17.6 Å². The number of methoxy groups -OCH3 is 2. The van der Waals surface area contributed by atoms with Crippen molar-refractivity contribution >= 4 is 5.97 Å². The van der Waals surface area contributed by atoms with Gasteiger partial charge in [-0.15, -0.1) is 0 Å². The fourth-order valence-corrected chi connectivity index (χ4v) is 3.28. The van der Waals surface area contributed by atoms with Crippen molar-refractivity contribution < 1.29 is 19.0 Å². The van der Waals surface area contributed by atoms with Gasteiger partial charge in [-0.2, -0.15) is 4.98 Å². The van der Waals surface area contributed by atoms with Crippen LogP contribution in [0.3, 0.4) is 0 Å². The van der Waals surface area contributed by atoms with Crippen molar-refractivity contribution in [2.24, 2.45) is 5.11 Å². The summed E-state index contributed by atoms with van der Waals surface area (Å²) in [7, 11) is 2.69. The molecule has 2 aromatic carbocycles. The van der Waals surface area contributed by atoms with Crippen LogP contribution < -0.4 is 9.47 Å². The minimum Gasteiger partial charge on any atom is -0.481 e. The van der Waals surface area contributed by atoms with Gasteiger partial charge in [-0.05, 0) is 23.6 Å². The second kappa shape index (κ2) is 9.60. The van der Waals surface area contributed by atoms with Crippen molar-refractivity contribution in [2.75, 3.05) is 14.2 Å². The van der Waals surface area contributed by atoms with Gasteiger partial charge in [0.25, 0.3) is 0 Å². The lowest BCUT2D eigenvalue weighted by atomic mass is 9.78. The first-order chi connectivity index (χ1) is 15.0. The smallest absolute Gasteiger partial charge is 0.348 e. The molecule has 31 heavy (non-hydrogen) atoms. The van der Waals surface area contributed by atoms with Crippen LogP contribution in [0.25, 0.3) is 10.4 Å². The Hall–Kier alpha value is -4.10. The van der Waals surface area contributed by atoms with Gasteiger partial charge < -0.3 is 14.2 Å². The normalized spacial score (nSPS) is 11.7. The summed E-state index contributed by atoms with van der Waals surface area (Å²) in [6.45, 7) is 1.74. The summed E-state index contributed by atoms with van der Waals surface area (Å²) in [5, 5.41) is 4.09. The molecule has 0 N–H and O–H groups in total. The van der Waals surface area contributed by atoms with Crippen LogP contribution in [0.5, 0.6) is 11.9 Å². The Kier molecular flexibility index (Phi) is 6.69. The summed E-state index contributed by atoms with van der Waals surface area (Å²) in [5.41, 5.74) is 9.57. The first kappa shape index (κ1) is 21.6. The number of carbonyl (C=O) groups excluding carboxylic acids is 1. The fraction of sp³-hybridized carbons (Fsp3) is 0.227. The molecule has 0 saturated carbocycles. The first-order valence-corrected chi connectivity index (χ1v) is 9.36. The SMILES string of the molecule is COC(=O)C(Oc1nc(C)cc(OC)n1)C(N=[N+]=[N-])(c1ccccc1)c1ccccc1. The highest BCUT2D eigenvalue weighted by Crippen LogP contribution is 2.40. The van der Waals surface area contributed by atoms with Crippen molar-refractivity contribution in [3.05, 3.63) is 94.0 Å². The number of aryl methyl sites for hydroxylation is 1. The van der Waals surface area contributed by atoms with Gasteiger partial charge in [0.2, 0.25) is 12.0 Å². The highest BCUT2D eigenvalue weighted by atomic mass is 16.6. The molecular weight excluding hydrogens is 398 g/mol. The maximum Gasteiger partial charge on any atom is 0.348 e. The highest BCUT2D eigenvalue weighted by Gasteiger charge is 2.49. The number of aromatic nitrogens is 2. The Morgan fingerprint density at radius 2 is 1.61 bits per heavy atom. The maximum atomic E-state index is 13.0. The van der Waals surface area contributed by atoms with Crippen molar-refractivity contribution in [2.45, 2.75) is 18.6 Å². The predicted octanol–water partition coefficient (Wildman–Crippen LogP) is 3.97. The third-order valence-electron chi connectivity index (χ3n) is 4.67. The standard InChI is InChI=1S/C22H21N5O4/c1-15-14-18(29-2)25-21(24-15)31-19(20(28)30-3)22(26-27-23,16-10-6-4-7-11-16)17-12-8-5-9-13-17/h4-14,19H,1-3H3. The number of rotatable bonds is 8. The topological polar surface area (TPSA) is 119 Å². The third kappa shape index (κ3) is 4.41. The molecule has 1 heterocycles. The van der Waals surface area contributed by atoms with Crippen LogP contribution >= 0.6 is 0 Å². The van der Waals surface area contributed by atoms with Crippen LogP contribution in [0.4, 0.5) is 0 Å². The minimum absolute atomic E-state index is 0.114. The van der Waals surface area contributed by atoms with Gasteiger partial charge in [-0.25, -0.2) is 9.78 Å². The number of nitrogens with zero attached hydrogens (tertiary/aromatic N) is 5. The average molecular weight is 419 g/mol. The van der Waals surface area contributed by atoms with Gasteiger partial charge in [0.15, 0.2) is 0 Å². The molecule has 1 aromatic heterocycles. The second-order valence-electron chi connectivity index (χ2n) is 6.54. The lowest BCUT2D eigenvalue weighted by Crippen LogP contribution is -2.48. The molecule has 0 bridgehead atoms. The van der Waals surface area contributed by atoms with E-state index in [1.54, 1.807) is 61.5 Å². The number of azide groups is 1. The fourth-order valence-electron chi connectivity index (χ4n) is 3.28. The largest absolute Gasteiger partial charge is 0.481 e. The predicted molar refractivity (Wildman–Crippen MR) is 113 cm³/mol. The zero-order valence-electron chi connectivity index (χ0n) is 17.3. The molecule has 0 amide bonds. The molecule has 0 radical (unpaired) electrons. The van der Waals surface area contributed by atoms with E-state index in [1.807, 2.05) is 12.1 Å². The van der Waals surface area contributed by atoms with Crippen LogP contribution in [0, 0.1) is 6.92 Å². The molecule has 3 rings (SSSR count). The molecule has 0 aliphatic rings. The van der Waals surface area contributed by atoms with Crippen molar-refractivity contribution in [1.82, 2.24) is 9.97 Å². The Morgan fingerprint density at radius 3 is 2.10 bits per heavy atom. The molecule has 158 valence electrons. The Morgan fingerprint density at radius 1 is 1.03 bits per heavy atom. The average Bonchev–Trinajstić information content (AvgIpc) is 2.81. The Labute approximate surface area is 179 Å². The second-order valence-corrected chi connectivity index (χ2v) is 6.54. The molecular formula is C22H21N5O4. The van der Waals surface area contributed by atoms with Crippen LogP contribution in [0.15, 0.2) is 71.8 Å². The van der Waals surface area contributed by atoms with Gasteiger partial charge in [0, 0.05) is 16.7 Å². The van der Waals surface area contributed by atoms with Gasteiger partial charge in [0.05, 0.1) is 14.2 Å². The van der Waals surface area contributed by atoms with Crippen LogP contribution in [-0.2, 0) is 15.1 Å². The van der Waals surface area contributed by atoms with Gasteiger partial charge in [0.1, 0.15) is 5.54 Å². The molecule has 0 saturated heterocycles. The lowest BCUT2D eigenvalue weighted by Gasteiger charge is -2.35. The molecule has 1 unspecified atom stereocenters. The number of carbonyl (C=O) groups is 1. The van der Waals surface area contributed by atoms with Gasteiger partial charge >= 0.3 is 12.0 Å². The van der Waals surface area contributed by atoms with Crippen LogP contribution in [0.1, 0.15) is 16.8 Å². The summed E-state index contributed by atoms with van der Waals surface area (Å²) in [6.07, 6.45) is -1.43. The molecule has 9 heteroatoms. The van der Waals surface area contributed by atoms with E-state index in [0.717, 1.165) is 0 Å². The van der Waals surface area contributed by atoms with Gasteiger partial charge in [-0.3, -0.25) is 0 Å². The van der Waals surface area contributed by atoms with E-state index in [9.17, 15) is 10.3 Å². The number of hydrogen-bond acceptors (Lipinski definition) is 7. The molecule has 9 nitrogen and oxygen atoms in total. The number of hydrogen-bond donors (Lipinski definition) is 0. The van der Waals surface area contributed by atoms with Crippen molar-refractivity contribution in [3.63, 3.8) is 0 Å². The summed E-state index contributed by atoms with van der Waals surface area (Å²) >= 11 is 0. The Bertz CT molecular complexity index is 1050. The molecule has 0 fully saturated rings. The molecule has 0 aliphatic carbocycles. The molecule has 3 aromatic rings. The molecule has 1 atom stereocenters. The third-order valence-corrected chi connectivity index (χ3v) is 4.67. The first-order valence-electron chi connectivity index (χ1n) is 9.36. The molecule has 0 spiro atoms. The van der Waals surface area contributed by atoms with Gasteiger partial charge in [-0.1, -0.05) is 65.8 Å². The summed E-state index contributed by atoms with van der Waals surface area (Å²) in [5.74, 6) is -0.496. The van der Waals surface area contributed by atoms with E-state index in [-0.39, 0.29) is 11.9 Å². The summed E-state index contributed by atoms with van der Waals surface area (Å²) in [6, 6.07) is 19.2. The molecule has 0 aliphatic heterocycles. The Balaban J connectivity index is 2.28. The van der Waals surface area contributed by atoms with Crippen molar-refractivity contribution in [3.8, 4) is 11.9 Å². The van der Waals surface area contributed by atoms with Crippen LogP contribution in [-0.4, -0.2) is 36.3 Å². The zero-order valence-corrected chi connectivity index (χ0v) is 17.3. The van der Waals surface area contributed by atoms with E-state index >= 15 is 0 Å². The number of esters is 1. The summed E-state index contributed by atoms with van der Waals surface area (Å²) in [4.78, 5) is 24.5. The number of ether oxygens (including phenoxy) is 3. The lowest BCUT2D eigenvalue weighted by molar-refractivity contribution is -0.152. The monoisotopic (exact) mass is 419 g/mol. The van der Waals surface area contributed by atoms with Crippen molar-refractivity contribution in [1.29, 1.82) is 0 Å². The zero-order chi connectivity index (χ0) is 22.3. The van der Waals surface area contributed by atoms with Crippen LogP contribution in [0.2, 0.25) is 0 Å². The minimum atomic E-state index is -1.59. The quantitative estimate of drug-likeness (QED) is 0.236. The number of benzene rings is 2.